The quantitative estimate of drug-likeness (QED) is 0.744. The maximum atomic E-state index is 12.0. The van der Waals surface area contributed by atoms with Crippen molar-refractivity contribution in [1.29, 1.82) is 5.26 Å². The van der Waals surface area contributed by atoms with Crippen molar-refractivity contribution >= 4 is 11.9 Å². The van der Waals surface area contributed by atoms with Crippen LogP contribution in [0.3, 0.4) is 0 Å². The first kappa shape index (κ1) is 16.4. The molecule has 2 atom stereocenters. The van der Waals surface area contributed by atoms with E-state index < -0.39 is 5.54 Å². The molecule has 6 nitrogen and oxygen atoms in total. The van der Waals surface area contributed by atoms with Crippen LogP contribution in [0.25, 0.3) is 0 Å². The van der Waals surface area contributed by atoms with E-state index in [-0.39, 0.29) is 30.3 Å². The van der Waals surface area contributed by atoms with Crippen LogP contribution < -0.4 is 5.32 Å². The first-order valence-corrected chi connectivity index (χ1v) is 6.85. The second-order valence-corrected chi connectivity index (χ2v) is 5.76. The fraction of sp³-hybridized carbons (Fsp3) is 0.786. The number of ether oxygens (including phenoxy) is 1. The van der Waals surface area contributed by atoms with Crippen LogP contribution in [0.15, 0.2) is 0 Å². The van der Waals surface area contributed by atoms with E-state index in [1.165, 1.54) is 7.11 Å². The second kappa shape index (κ2) is 6.71. The molecule has 1 heterocycles. The van der Waals surface area contributed by atoms with E-state index in [4.69, 9.17) is 4.74 Å². The summed E-state index contributed by atoms with van der Waals surface area (Å²) < 4.78 is 4.71. The number of amides is 1. The van der Waals surface area contributed by atoms with Crippen molar-refractivity contribution in [2.45, 2.75) is 32.7 Å². The highest BCUT2D eigenvalue weighted by molar-refractivity contribution is 5.79. The predicted molar refractivity (Wildman–Crippen MR) is 73.6 cm³/mol. The zero-order valence-electron chi connectivity index (χ0n) is 12.6. The molecule has 0 aromatic rings. The summed E-state index contributed by atoms with van der Waals surface area (Å²) in [6.45, 7) is 6.94. The van der Waals surface area contributed by atoms with Gasteiger partial charge in [-0.3, -0.25) is 14.5 Å². The molecular formula is C14H23N3O3. The second-order valence-electron chi connectivity index (χ2n) is 5.76. The van der Waals surface area contributed by atoms with Crippen molar-refractivity contribution in [3.63, 3.8) is 0 Å². The molecule has 0 spiro atoms. The molecule has 0 aromatic carbocycles. The van der Waals surface area contributed by atoms with Crippen molar-refractivity contribution in [2.24, 2.45) is 11.8 Å². The van der Waals surface area contributed by atoms with Gasteiger partial charge in [0.25, 0.3) is 0 Å². The summed E-state index contributed by atoms with van der Waals surface area (Å²) >= 11 is 0. The highest BCUT2D eigenvalue weighted by Crippen LogP contribution is 2.18. The van der Waals surface area contributed by atoms with Crippen LogP contribution in [-0.4, -0.2) is 49.1 Å². The van der Waals surface area contributed by atoms with Crippen molar-refractivity contribution in [2.75, 3.05) is 26.7 Å². The predicted octanol–water partition coefficient (Wildman–Crippen LogP) is 0.536. The molecule has 1 amide bonds. The number of hydrogen-bond acceptors (Lipinski definition) is 5. The lowest BCUT2D eigenvalue weighted by Gasteiger charge is -2.28. The lowest BCUT2D eigenvalue weighted by Crippen LogP contribution is -2.51. The average Bonchev–Trinajstić information content (AvgIpc) is 2.85. The summed E-state index contributed by atoms with van der Waals surface area (Å²) in [5.41, 5.74) is -0.863. The molecule has 1 fully saturated rings. The summed E-state index contributed by atoms with van der Waals surface area (Å²) in [5.74, 6) is -0.539. The minimum Gasteiger partial charge on any atom is -0.469 e. The maximum absolute atomic E-state index is 12.0. The Morgan fingerprint density at radius 3 is 2.70 bits per heavy atom. The Hall–Kier alpha value is -1.61. The molecular weight excluding hydrogens is 258 g/mol. The van der Waals surface area contributed by atoms with Gasteiger partial charge in [0.05, 0.1) is 25.6 Å². The normalized spacial score (nSPS) is 22.1. The van der Waals surface area contributed by atoms with Gasteiger partial charge >= 0.3 is 5.97 Å². The summed E-state index contributed by atoms with van der Waals surface area (Å²) in [5, 5.41) is 11.9. The number of esters is 1. The number of rotatable bonds is 5. The Labute approximate surface area is 120 Å². The van der Waals surface area contributed by atoms with Gasteiger partial charge in [0.2, 0.25) is 5.91 Å². The zero-order chi connectivity index (χ0) is 15.3. The number of nitriles is 1. The highest BCUT2D eigenvalue weighted by Gasteiger charge is 2.33. The van der Waals surface area contributed by atoms with Gasteiger partial charge in [-0.05, 0) is 25.8 Å². The van der Waals surface area contributed by atoms with Gasteiger partial charge in [0.15, 0.2) is 0 Å². The largest absolute Gasteiger partial charge is 0.469 e. The Morgan fingerprint density at radius 2 is 2.20 bits per heavy atom. The Morgan fingerprint density at radius 1 is 1.55 bits per heavy atom. The number of carbonyl (C=O) groups excluding carboxylic acids is 2. The number of likely N-dealkylation sites (tertiary alicyclic amines) is 1. The van der Waals surface area contributed by atoms with Crippen molar-refractivity contribution in [3.05, 3.63) is 0 Å². The van der Waals surface area contributed by atoms with E-state index in [9.17, 15) is 14.9 Å². The Kier molecular flexibility index (Phi) is 5.52. The minimum atomic E-state index is -0.863. The minimum absolute atomic E-state index is 0.0258. The van der Waals surface area contributed by atoms with Crippen molar-refractivity contribution < 1.29 is 14.3 Å². The van der Waals surface area contributed by atoms with Gasteiger partial charge in [0.1, 0.15) is 5.54 Å². The number of nitrogens with zero attached hydrogens (tertiary/aromatic N) is 2. The number of hydrogen-bond donors (Lipinski definition) is 1. The van der Waals surface area contributed by atoms with Crippen LogP contribution in [0.4, 0.5) is 0 Å². The first-order chi connectivity index (χ1) is 9.32. The SMILES string of the molecule is COC(=O)C1CCN(CC(=O)NC(C)(C#N)C(C)C)C1. The molecule has 1 N–H and O–H groups in total. The van der Waals surface area contributed by atoms with E-state index in [0.717, 1.165) is 0 Å². The third-order valence-corrected chi connectivity index (χ3v) is 3.96. The smallest absolute Gasteiger partial charge is 0.310 e. The molecule has 1 aliphatic rings. The summed E-state index contributed by atoms with van der Waals surface area (Å²) in [6, 6.07) is 2.15. The Balaban J connectivity index is 2.49. The monoisotopic (exact) mass is 281 g/mol. The summed E-state index contributed by atoms with van der Waals surface area (Å²) in [6.07, 6.45) is 0.708. The van der Waals surface area contributed by atoms with E-state index in [0.29, 0.717) is 19.5 Å². The summed E-state index contributed by atoms with van der Waals surface area (Å²) in [4.78, 5) is 25.3. The molecule has 0 saturated carbocycles. The number of carbonyl (C=O) groups is 2. The Bertz CT molecular complexity index is 416. The van der Waals surface area contributed by atoms with E-state index >= 15 is 0 Å². The molecule has 6 heteroatoms. The molecule has 1 saturated heterocycles. The topological polar surface area (TPSA) is 82.4 Å². The van der Waals surface area contributed by atoms with Gasteiger partial charge in [0, 0.05) is 6.54 Å². The molecule has 20 heavy (non-hydrogen) atoms. The molecule has 0 aliphatic carbocycles. The van der Waals surface area contributed by atoms with Crippen LogP contribution in [-0.2, 0) is 14.3 Å². The van der Waals surface area contributed by atoms with Crippen molar-refractivity contribution in [3.8, 4) is 6.07 Å². The fourth-order valence-electron chi connectivity index (χ4n) is 2.17. The van der Waals surface area contributed by atoms with Crippen molar-refractivity contribution in [1.82, 2.24) is 10.2 Å². The van der Waals surface area contributed by atoms with Gasteiger partial charge < -0.3 is 10.1 Å². The third-order valence-electron chi connectivity index (χ3n) is 3.96. The van der Waals surface area contributed by atoms with Gasteiger partial charge in [-0.2, -0.15) is 5.26 Å². The van der Waals surface area contributed by atoms with Crippen LogP contribution in [0.5, 0.6) is 0 Å². The highest BCUT2D eigenvalue weighted by atomic mass is 16.5. The van der Waals surface area contributed by atoms with E-state index in [1.54, 1.807) is 6.92 Å². The van der Waals surface area contributed by atoms with Gasteiger partial charge in [-0.25, -0.2) is 0 Å². The average molecular weight is 281 g/mol. The van der Waals surface area contributed by atoms with Crippen LogP contribution in [0.1, 0.15) is 27.2 Å². The molecule has 112 valence electrons. The molecule has 0 radical (unpaired) electrons. The molecule has 0 bridgehead atoms. The van der Waals surface area contributed by atoms with E-state index in [2.05, 4.69) is 11.4 Å². The standard InChI is InChI=1S/C14H23N3O3/c1-10(2)14(3,9-15)16-12(18)8-17-6-5-11(7-17)13(19)20-4/h10-11H,5-8H2,1-4H3,(H,16,18). The van der Waals surface area contributed by atoms with Crippen LogP contribution in [0.2, 0.25) is 0 Å². The molecule has 0 aromatic heterocycles. The van der Waals surface area contributed by atoms with Crippen LogP contribution in [0, 0.1) is 23.2 Å². The zero-order valence-corrected chi connectivity index (χ0v) is 12.6. The molecule has 2 unspecified atom stereocenters. The molecule has 1 aliphatic heterocycles. The van der Waals surface area contributed by atoms with Gasteiger partial charge in [-0.15, -0.1) is 0 Å². The molecule has 1 rings (SSSR count). The number of methoxy groups -OCH3 is 1. The van der Waals surface area contributed by atoms with Gasteiger partial charge in [-0.1, -0.05) is 13.8 Å². The number of nitrogens with one attached hydrogen (secondary N) is 1. The third kappa shape index (κ3) is 3.94. The van der Waals surface area contributed by atoms with Crippen LogP contribution >= 0.6 is 0 Å². The lowest BCUT2D eigenvalue weighted by molar-refractivity contribution is -0.145. The maximum Gasteiger partial charge on any atom is 0.310 e. The first-order valence-electron chi connectivity index (χ1n) is 6.85. The summed E-state index contributed by atoms with van der Waals surface area (Å²) in [7, 11) is 1.37. The lowest BCUT2D eigenvalue weighted by atomic mass is 9.90. The fourth-order valence-corrected chi connectivity index (χ4v) is 2.17. The van der Waals surface area contributed by atoms with E-state index in [1.807, 2.05) is 18.7 Å².